The van der Waals surface area contributed by atoms with Crippen molar-refractivity contribution in [3.8, 4) is 0 Å². The standard InChI is InChI=1S/C10H13N3O/c1-8-3-2-4-12-10(8)13-6-5-11-9(14)7-13/h2-4H,5-7H2,1H3,(H,11,14). The lowest BCUT2D eigenvalue weighted by atomic mass is 10.2. The zero-order valence-electron chi connectivity index (χ0n) is 8.16. The molecule has 0 saturated carbocycles. The molecule has 1 N–H and O–H groups in total. The lowest BCUT2D eigenvalue weighted by Crippen LogP contribution is -2.48. The van der Waals surface area contributed by atoms with E-state index in [9.17, 15) is 4.79 Å². The second-order valence-electron chi connectivity index (χ2n) is 3.42. The quantitative estimate of drug-likeness (QED) is 0.695. The molecule has 4 heteroatoms. The van der Waals surface area contributed by atoms with E-state index in [1.165, 1.54) is 0 Å². The van der Waals surface area contributed by atoms with Gasteiger partial charge in [0.15, 0.2) is 0 Å². The van der Waals surface area contributed by atoms with Crippen LogP contribution in [0, 0.1) is 6.92 Å². The minimum Gasteiger partial charge on any atom is -0.353 e. The van der Waals surface area contributed by atoms with Gasteiger partial charge in [-0.25, -0.2) is 4.98 Å². The van der Waals surface area contributed by atoms with Gasteiger partial charge in [-0.15, -0.1) is 0 Å². The molecule has 2 heterocycles. The van der Waals surface area contributed by atoms with Crippen molar-refractivity contribution in [3.63, 3.8) is 0 Å². The van der Waals surface area contributed by atoms with Crippen LogP contribution in [-0.4, -0.2) is 30.5 Å². The maximum atomic E-state index is 11.2. The Kier molecular flexibility index (Phi) is 2.35. The fourth-order valence-corrected chi connectivity index (χ4v) is 1.63. The molecule has 0 aliphatic carbocycles. The molecule has 74 valence electrons. The molecule has 1 amide bonds. The molecule has 0 unspecified atom stereocenters. The van der Waals surface area contributed by atoms with Crippen LogP contribution < -0.4 is 10.2 Å². The fourth-order valence-electron chi connectivity index (χ4n) is 1.63. The van der Waals surface area contributed by atoms with Crippen LogP contribution in [0.4, 0.5) is 5.82 Å². The summed E-state index contributed by atoms with van der Waals surface area (Å²) in [7, 11) is 0. The van der Waals surface area contributed by atoms with Gasteiger partial charge in [0.2, 0.25) is 5.91 Å². The Morgan fingerprint density at radius 1 is 1.57 bits per heavy atom. The summed E-state index contributed by atoms with van der Waals surface area (Å²) >= 11 is 0. The molecule has 1 aliphatic rings. The first-order valence-electron chi connectivity index (χ1n) is 4.70. The SMILES string of the molecule is Cc1cccnc1N1CCNC(=O)C1. The van der Waals surface area contributed by atoms with Gasteiger partial charge in [-0.3, -0.25) is 4.79 Å². The smallest absolute Gasteiger partial charge is 0.239 e. The first kappa shape index (κ1) is 8.99. The zero-order chi connectivity index (χ0) is 9.97. The molecule has 0 atom stereocenters. The minimum atomic E-state index is 0.0707. The lowest BCUT2D eigenvalue weighted by molar-refractivity contribution is -0.120. The lowest BCUT2D eigenvalue weighted by Gasteiger charge is -2.28. The normalized spacial score (nSPS) is 16.6. The summed E-state index contributed by atoms with van der Waals surface area (Å²) in [4.78, 5) is 17.5. The van der Waals surface area contributed by atoms with Gasteiger partial charge < -0.3 is 10.2 Å². The Bertz CT molecular complexity index is 351. The summed E-state index contributed by atoms with van der Waals surface area (Å²) in [5, 5.41) is 2.79. The second-order valence-corrected chi connectivity index (χ2v) is 3.42. The summed E-state index contributed by atoms with van der Waals surface area (Å²) in [5.41, 5.74) is 1.11. The van der Waals surface area contributed by atoms with E-state index in [4.69, 9.17) is 0 Å². The number of aromatic nitrogens is 1. The second kappa shape index (κ2) is 3.65. The number of pyridine rings is 1. The van der Waals surface area contributed by atoms with E-state index in [1.807, 2.05) is 24.0 Å². The summed E-state index contributed by atoms with van der Waals surface area (Å²) in [6.07, 6.45) is 1.76. The van der Waals surface area contributed by atoms with E-state index < -0.39 is 0 Å². The number of amides is 1. The van der Waals surface area contributed by atoms with Crippen LogP contribution in [0.5, 0.6) is 0 Å². The van der Waals surface area contributed by atoms with E-state index in [2.05, 4.69) is 10.3 Å². The van der Waals surface area contributed by atoms with Crippen molar-refractivity contribution in [2.45, 2.75) is 6.92 Å². The van der Waals surface area contributed by atoms with Crippen LogP contribution in [0.2, 0.25) is 0 Å². The van der Waals surface area contributed by atoms with Crippen LogP contribution >= 0.6 is 0 Å². The topological polar surface area (TPSA) is 45.2 Å². The fraction of sp³-hybridized carbons (Fsp3) is 0.400. The van der Waals surface area contributed by atoms with Crippen LogP contribution in [-0.2, 0) is 4.79 Å². The number of carbonyl (C=O) groups is 1. The third-order valence-corrected chi connectivity index (χ3v) is 2.32. The molecule has 2 rings (SSSR count). The monoisotopic (exact) mass is 191 g/mol. The van der Waals surface area contributed by atoms with E-state index in [0.717, 1.165) is 17.9 Å². The maximum absolute atomic E-state index is 11.2. The highest BCUT2D eigenvalue weighted by molar-refractivity contribution is 5.82. The molecule has 1 aromatic heterocycles. The third-order valence-electron chi connectivity index (χ3n) is 2.32. The van der Waals surface area contributed by atoms with Gasteiger partial charge in [-0.2, -0.15) is 0 Å². The average Bonchev–Trinajstić information content (AvgIpc) is 2.18. The van der Waals surface area contributed by atoms with E-state index >= 15 is 0 Å². The van der Waals surface area contributed by atoms with Crippen molar-refractivity contribution < 1.29 is 4.79 Å². The summed E-state index contributed by atoms with van der Waals surface area (Å²) in [6, 6.07) is 3.91. The van der Waals surface area contributed by atoms with Crippen molar-refractivity contribution in [2.24, 2.45) is 0 Å². The van der Waals surface area contributed by atoms with Crippen LogP contribution in [0.1, 0.15) is 5.56 Å². The third kappa shape index (κ3) is 1.69. The van der Waals surface area contributed by atoms with Crippen molar-refractivity contribution in [3.05, 3.63) is 23.9 Å². The Balaban J connectivity index is 2.22. The number of hydrogen-bond donors (Lipinski definition) is 1. The molecule has 0 radical (unpaired) electrons. The Morgan fingerprint density at radius 2 is 2.43 bits per heavy atom. The molecule has 1 aliphatic heterocycles. The number of hydrogen-bond acceptors (Lipinski definition) is 3. The molecule has 4 nitrogen and oxygen atoms in total. The highest BCUT2D eigenvalue weighted by Crippen LogP contribution is 2.15. The van der Waals surface area contributed by atoms with Gasteiger partial charge >= 0.3 is 0 Å². The first-order chi connectivity index (χ1) is 6.77. The molecule has 0 spiro atoms. The minimum absolute atomic E-state index is 0.0707. The molecular formula is C10H13N3O. The summed E-state index contributed by atoms with van der Waals surface area (Å²) in [6.45, 7) is 3.96. The number of aryl methyl sites for hydroxylation is 1. The Hall–Kier alpha value is -1.58. The van der Waals surface area contributed by atoms with Crippen molar-refractivity contribution in [1.82, 2.24) is 10.3 Å². The molecule has 14 heavy (non-hydrogen) atoms. The van der Waals surface area contributed by atoms with E-state index in [-0.39, 0.29) is 5.91 Å². The van der Waals surface area contributed by atoms with Gasteiger partial charge in [0.05, 0.1) is 6.54 Å². The predicted molar refractivity (Wildman–Crippen MR) is 54.2 cm³/mol. The van der Waals surface area contributed by atoms with Gasteiger partial charge in [-0.1, -0.05) is 6.07 Å². The largest absolute Gasteiger partial charge is 0.353 e. The van der Waals surface area contributed by atoms with Crippen LogP contribution in [0.15, 0.2) is 18.3 Å². The molecule has 0 bridgehead atoms. The summed E-state index contributed by atoms with van der Waals surface area (Å²) < 4.78 is 0. The Labute approximate surface area is 82.9 Å². The number of piperazine rings is 1. The van der Waals surface area contributed by atoms with E-state index in [0.29, 0.717) is 13.1 Å². The van der Waals surface area contributed by atoms with Crippen LogP contribution in [0.3, 0.4) is 0 Å². The van der Waals surface area contributed by atoms with E-state index in [1.54, 1.807) is 6.20 Å². The Morgan fingerprint density at radius 3 is 3.14 bits per heavy atom. The van der Waals surface area contributed by atoms with Crippen molar-refractivity contribution in [1.29, 1.82) is 0 Å². The van der Waals surface area contributed by atoms with Gasteiger partial charge in [0, 0.05) is 19.3 Å². The zero-order valence-corrected chi connectivity index (χ0v) is 8.16. The molecular weight excluding hydrogens is 178 g/mol. The maximum Gasteiger partial charge on any atom is 0.239 e. The number of anilines is 1. The molecule has 0 aromatic carbocycles. The first-order valence-corrected chi connectivity index (χ1v) is 4.70. The molecule has 1 aromatic rings. The average molecular weight is 191 g/mol. The van der Waals surface area contributed by atoms with Gasteiger partial charge in [0.25, 0.3) is 0 Å². The highest BCUT2D eigenvalue weighted by atomic mass is 16.2. The molecule has 1 saturated heterocycles. The molecule has 1 fully saturated rings. The van der Waals surface area contributed by atoms with Crippen molar-refractivity contribution in [2.75, 3.05) is 24.5 Å². The van der Waals surface area contributed by atoms with Crippen molar-refractivity contribution >= 4 is 11.7 Å². The number of nitrogens with one attached hydrogen (secondary N) is 1. The number of rotatable bonds is 1. The van der Waals surface area contributed by atoms with Crippen LogP contribution in [0.25, 0.3) is 0 Å². The summed E-state index contributed by atoms with van der Waals surface area (Å²) in [5.74, 6) is 0.989. The van der Waals surface area contributed by atoms with Gasteiger partial charge in [0.1, 0.15) is 5.82 Å². The predicted octanol–water partition coefficient (Wildman–Crippen LogP) is 0.326. The highest BCUT2D eigenvalue weighted by Gasteiger charge is 2.18. The number of nitrogens with zero attached hydrogens (tertiary/aromatic N) is 2. The number of carbonyl (C=O) groups excluding carboxylic acids is 1. The van der Waals surface area contributed by atoms with Gasteiger partial charge in [-0.05, 0) is 18.6 Å².